The molecule has 1 aliphatic heterocycles. The Labute approximate surface area is 139 Å². The Morgan fingerprint density at radius 3 is 2.95 bits per heavy atom. The van der Waals surface area contributed by atoms with Gasteiger partial charge in [0.25, 0.3) is 0 Å². The number of primary amides is 1. The molecule has 0 spiro atoms. The van der Waals surface area contributed by atoms with Crippen LogP contribution in [0, 0.1) is 0 Å². The number of rotatable bonds is 6. The van der Waals surface area contributed by atoms with Crippen molar-refractivity contribution in [3.05, 3.63) is 29.8 Å². The van der Waals surface area contributed by atoms with Crippen LogP contribution in [0.3, 0.4) is 0 Å². The van der Waals surface area contributed by atoms with Gasteiger partial charge < -0.3 is 16.4 Å². The molecular formula is C15H21N3O2S2. The van der Waals surface area contributed by atoms with Gasteiger partial charge >= 0.3 is 6.03 Å². The lowest BCUT2D eigenvalue weighted by Gasteiger charge is -2.27. The van der Waals surface area contributed by atoms with Gasteiger partial charge in [0.05, 0.1) is 6.04 Å². The number of hydrogen-bond donors (Lipinski definition) is 3. The van der Waals surface area contributed by atoms with Gasteiger partial charge in [0.15, 0.2) is 0 Å². The van der Waals surface area contributed by atoms with Crippen LogP contribution in [0.2, 0.25) is 0 Å². The summed E-state index contributed by atoms with van der Waals surface area (Å²) in [6.45, 7) is 0. The molecule has 0 radical (unpaired) electrons. The Balaban J connectivity index is 2.05. The second-order valence-corrected chi connectivity index (χ2v) is 7.20. The lowest BCUT2D eigenvalue weighted by molar-refractivity contribution is -0.123. The number of thioether (sulfide) groups is 2. The van der Waals surface area contributed by atoms with Gasteiger partial charge in [-0.15, -0.1) is 11.8 Å². The molecule has 7 heteroatoms. The van der Waals surface area contributed by atoms with E-state index in [2.05, 4.69) is 16.7 Å². The van der Waals surface area contributed by atoms with Crippen LogP contribution in [0.5, 0.6) is 0 Å². The van der Waals surface area contributed by atoms with Crippen molar-refractivity contribution in [3.63, 3.8) is 0 Å². The van der Waals surface area contributed by atoms with Crippen molar-refractivity contribution in [2.45, 2.75) is 29.8 Å². The molecule has 4 N–H and O–H groups in total. The average molecular weight is 339 g/mol. The van der Waals surface area contributed by atoms with Crippen LogP contribution in [-0.2, 0) is 4.79 Å². The van der Waals surface area contributed by atoms with Crippen molar-refractivity contribution < 1.29 is 9.59 Å². The molecule has 1 heterocycles. The molecule has 120 valence electrons. The van der Waals surface area contributed by atoms with Gasteiger partial charge in [-0.25, -0.2) is 4.79 Å². The molecule has 0 saturated heterocycles. The Morgan fingerprint density at radius 2 is 2.23 bits per heavy atom. The third-order valence-electron chi connectivity index (χ3n) is 3.52. The molecule has 2 rings (SSSR count). The molecule has 1 aromatic rings. The highest BCUT2D eigenvalue weighted by Crippen LogP contribution is 2.35. The highest BCUT2D eigenvalue weighted by atomic mass is 32.2. The van der Waals surface area contributed by atoms with Crippen LogP contribution in [0.4, 0.5) is 4.79 Å². The predicted octanol–water partition coefficient (Wildman–Crippen LogP) is 2.13. The number of nitrogens with one attached hydrogen (secondary N) is 2. The minimum Gasteiger partial charge on any atom is -0.352 e. The summed E-state index contributed by atoms with van der Waals surface area (Å²) < 4.78 is 0. The zero-order chi connectivity index (χ0) is 15.9. The molecule has 0 unspecified atom stereocenters. The molecule has 0 saturated carbocycles. The first-order chi connectivity index (χ1) is 10.6. The van der Waals surface area contributed by atoms with E-state index in [4.69, 9.17) is 5.73 Å². The fraction of sp³-hybridized carbons (Fsp3) is 0.467. The number of urea groups is 1. The standard InChI is InChI=1S/C15H21N3O2S2/c1-21-8-6-12(18-15(16)20)14(19)17-11-7-9-22-13-5-3-2-4-10(11)13/h2-5,11-12H,6-9H2,1H3,(H,17,19)(H3,16,18,20)/t11-,12-/m0/s1. The second kappa shape index (κ2) is 8.33. The lowest BCUT2D eigenvalue weighted by atomic mass is 10.0. The van der Waals surface area contributed by atoms with Crippen LogP contribution in [-0.4, -0.2) is 35.7 Å². The summed E-state index contributed by atoms with van der Waals surface area (Å²) in [5.41, 5.74) is 6.32. The Kier molecular flexibility index (Phi) is 6.45. The van der Waals surface area contributed by atoms with Gasteiger partial charge in [-0.3, -0.25) is 4.79 Å². The molecule has 3 amide bonds. The van der Waals surface area contributed by atoms with Crippen LogP contribution in [0.25, 0.3) is 0 Å². The van der Waals surface area contributed by atoms with Crippen LogP contribution in [0.15, 0.2) is 29.2 Å². The molecule has 5 nitrogen and oxygen atoms in total. The molecule has 0 aliphatic carbocycles. The largest absolute Gasteiger partial charge is 0.352 e. The number of nitrogens with two attached hydrogens (primary N) is 1. The maximum absolute atomic E-state index is 12.5. The SMILES string of the molecule is CSCC[C@H](NC(N)=O)C(=O)N[C@H]1CCSc2ccccc21. The van der Waals surface area contributed by atoms with E-state index in [-0.39, 0.29) is 11.9 Å². The second-order valence-electron chi connectivity index (χ2n) is 5.08. The van der Waals surface area contributed by atoms with E-state index in [1.165, 1.54) is 4.90 Å². The van der Waals surface area contributed by atoms with Gasteiger partial charge in [-0.1, -0.05) is 18.2 Å². The highest BCUT2D eigenvalue weighted by Gasteiger charge is 2.26. The van der Waals surface area contributed by atoms with Gasteiger partial charge in [-0.05, 0) is 36.5 Å². The van der Waals surface area contributed by atoms with E-state index in [1.807, 2.05) is 36.2 Å². The zero-order valence-electron chi connectivity index (χ0n) is 12.5. The Bertz CT molecular complexity index is 539. The zero-order valence-corrected chi connectivity index (χ0v) is 14.1. The minimum atomic E-state index is -0.666. The van der Waals surface area contributed by atoms with E-state index in [1.54, 1.807) is 11.8 Å². The molecular weight excluding hydrogens is 318 g/mol. The Morgan fingerprint density at radius 1 is 1.45 bits per heavy atom. The molecule has 22 heavy (non-hydrogen) atoms. The summed E-state index contributed by atoms with van der Waals surface area (Å²) in [4.78, 5) is 24.8. The maximum Gasteiger partial charge on any atom is 0.312 e. The summed E-state index contributed by atoms with van der Waals surface area (Å²) in [7, 11) is 0. The number of hydrogen-bond acceptors (Lipinski definition) is 4. The van der Waals surface area contributed by atoms with Crippen LogP contribution in [0.1, 0.15) is 24.4 Å². The third kappa shape index (κ3) is 4.58. The highest BCUT2D eigenvalue weighted by molar-refractivity contribution is 7.99. The van der Waals surface area contributed by atoms with E-state index in [0.717, 1.165) is 23.5 Å². The number of carbonyl (C=O) groups is 2. The van der Waals surface area contributed by atoms with Crippen LogP contribution >= 0.6 is 23.5 Å². The van der Waals surface area contributed by atoms with Crippen molar-refractivity contribution in [2.24, 2.45) is 5.73 Å². The van der Waals surface area contributed by atoms with Gasteiger partial charge in [0, 0.05) is 10.6 Å². The van der Waals surface area contributed by atoms with Crippen LogP contribution < -0.4 is 16.4 Å². The monoisotopic (exact) mass is 339 g/mol. The summed E-state index contributed by atoms with van der Waals surface area (Å²) >= 11 is 3.44. The van der Waals surface area contributed by atoms with Crippen molar-refractivity contribution in [1.82, 2.24) is 10.6 Å². The van der Waals surface area contributed by atoms with Crippen molar-refractivity contribution >= 4 is 35.5 Å². The summed E-state index contributed by atoms with van der Waals surface area (Å²) in [6, 6.07) is 6.86. The van der Waals surface area contributed by atoms with Gasteiger partial charge in [0.1, 0.15) is 6.04 Å². The van der Waals surface area contributed by atoms with Crippen molar-refractivity contribution in [3.8, 4) is 0 Å². The first-order valence-corrected chi connectivity index (χ1v) is 9.56. The first-order valence-electron chi connectivity index (χ1n) is 7.19. The number of amides is 3. The molecule has 0 bridgehead atoms. The average Bonchev–Trinajstić information content (AvgIpc) is 2.51. The fourth-order valence-corrected chi connectivity index (χ4v) is 4.04. The maximum atomic E-state index is 12.5. The first kappa shape index (κ1) is 17.0. The number of carbonyl (C=O) groups excluding carboxylic acids is 2. The molecule has 0 fully saturated rings. The molecule has 1 aromatic carbocycles. The minimum absolute atomic E-state index is 0.00333. The normalized spacial score (nSPS) is 18.1. The van der Waals surface area contributed by atoms with Crippen molar-refractivity contribution in [2.75, 3.05) is 17.8 Å². The van der Waals surface area contributed by atoms with E-state index in [0.29, 0.717) is 6.42 Å². The smallest absolute Gasteiger partial charge is 0.312 e. The van der Waals surface area contributed by atoms with Gasteiger partial charge in [0.2, 0.25) is 5.91 Å². The Hall–Kier alpha value is -1.34. The fourth-order valence-electron chi connectivity index (χ4n) is 2.44. The topological polar surface area (TPSA) is 84.2 Å². The van der Waals surface area contributed by atoms with E-state index >= 15 is 0 Å². The quantitative estimate of drug-likeness (QED) is 0.741. The molecule has 0 aromatic heterocycles. The number of fused-ring (bicyclic) bond motifs is 1. The van der Waals surface area contributed by atoms with Crippen molar-refractivity contribution in [1.29, 1.82) is 0 Å². The van der Waals surface area contributed by atoms with E-state index < -0.39 is 12.1 Å². The molecule has 1 aliphatic rings. The summed E-state index contributed by atoms with van der Waals surface area (Å²) in [5.74, 6) is 1.59. The van der Waals surface area contributed by atoms with E-state index in [9.17, 15) is 9.59 Å². The predicted molar refractivity (Wildman–Crippen MR) is 92.2 cm³/mol. The van der Waals surface area contributed by atoms with Gasteiger partial charge in [-0.2, -0.15) is 11.8 Å². The molecule has 2 atom stereocenters. The third-order valence-corrected chi connectivity index (χ3v) is 5.29. The summed E-state index contributed by atoms with van der Waals surface area (Å²) in [5, 5.41) is 5.59. The summed E-state index contributed by atoms with van der Waals surface area (Å²) in [6.07, 6.45) is 3.42. The number of benzene rings is 1. The lowest BCUT2D eigenvalue weighted by Crippen LogP contribution is -2.49.